The van der Waals surface area contributed by atoms with E-state index in [-0.39, 0.29) is 11.9 Å². The van der Waals surface area contributed by atoms with Crippen LogP contribution in [0.5, 0.6) is 5.75 Å². The smallest absolute Gasteiger partial charge is 0.254 e. The summed E-state index contributed by atoms with van der Waals surface area (Å²) in [7, 11) is 3.76. The highest BCUT2D eigenvalue weighted by molar-refractivity contribution is 9.10. The predicted octanol–water partition coefficient (Wildman–Crippen LogP) is 4.97. The number of aryl methyl sites for hydroxylation is 1. The predicted molar refractivity (Wildman–Crippen MR) is 142 cm³/mol. The zero-order valence-corrected chi connectivity index (χ0v) is 22.6. The van der Waals surface area contributed by atoms with E-state index >= 15 is 0 Å². The van der Waals surface area contributed by atoms with Crippen LogP contribution < -0.4 is 15.8 Å². The first-order chi connectivity index (χ1) is 15.4. The molecule has 3 N–H and O–H groups in total. The third kappa shape index (κ3) is 10.4. The minimum absolute atomic E-state index is 0.162. The van der Waals surface area contributed by atoms with Gasteiger partial charge in [-0.2, -0.15) is 0 Å². The molecule has 8 heteroatoms. The van der Waals surface area contributed by atoms with Crippen LogP contribution in [0.3, 0.4) is 0 Å². The Hall–Kier alpha value is -1.51. The lowest BCUT2D eigenvalue weighted by Crippen LogP contribution is -2.38. The summed E-state index contributed by atoms with van der Waals surface area (Å²) in [5.74, 6) is 1.77. The molecule has 0 radical (unpaired) electrons. The number of nitrogens with one attached hydrogen (secondary N) is 1. The number of nitrogens with zero attached hydrogens (tertiary/aromatic N) is 2. The summed E-state index contributed by atoms with van der Waals surface area (Å²) >= 11 is 5.24. The van der Waals surface area contributed by atoms with Crippen molar-refractivity contribution in [2.75, 3.05) is 39.5 Å². The Balaban J connectivity index is 2.84. The van der Waals surface area contributed by atoms with E-state index in [4.69, 9.17) is 10.5 Å². The number of aliphatic imine (C=N–C) groups is 1. The number of benzene rings is 1. The fourth-order valence-corrected chi connectivity index (χ4v) is 4.69. The number of methoxy groups -OCH3 is 1. The second kappa shape index (κ2) is 16.2. The van der Waals surface area contributed by atoms with E-state index in [0.717, 1.165) is 57.9 Å². The zero-order chi connectivity index (χ0) is 23.9. The molecule has 0 aliphatic carbocycles. The molecule has 0 spiro atoms. The molecule has 180 valence electrons. The number of likely N-dealkylation sites (N-methyl/N-ethyl adjacent to an activating group) is 1. The summed E-state index contributed by atoms with van der Waals surface area (Å²) in [5.41, 5.74) is 7.87. The first-order valence-corrected chi connectivity index (χ1v) is 13.1. The van der Waals surface area contributed by atoms with E-state index in [0.29, 0.717) is 13.0 Å². The SMILES string of the molecule is CCCCN(C)CCN=C(N)NC(=O)/C(CC)=C(\CCc1cc(Br)ccc1OC)SCC. The average Bonchev–Trinajstić information content (AvgIpc) is 2.76. The van der Waals surface area contributed by atoms with E-state index in [9.17, 15) is 4.79 Å². The molecule has 1 aromatic carbocycles. The minimum Gasteiger partial charge on any atom is -0.496 e. The molecule has 0 atom stereocenters. The maximum absolute atomic E-state index is 12.9. The average molecular weight is 528 g/mol. The second-order valence-electron chi connectivity index (χ2n) is 7.52. The number of hydrogen-bond acceptors (Lipinski definition) is 5. The van der Waals surface area contributed by atoms with Gasteiger partial charge in [0.2, 0.25) is 0 Å². The first-order valence-electron chi connectivity index (χ1n) is 11.3. The van der Waals surface area contributed by atoms with Gasteiger partial charge in [-0.1, -0.05) is 43.1 Å². The van der Waals surface area contributed by atoms with Crippen molar-refractivity contribution in [3.8, 4) is 5.75 Å². The van der Waals surface area contributed by atoms with E-state index in [1.807, 2.05) is 19.1 Å². The lowest BCUT2D eigenvalue weighted by atomic mass is 10.1. The maximum atomic E-state index is 12.9. The van der Waals surface area contributed by atoms with Gasteiger partial charge in [-0.3, -0.25) is 15.1 Å². The fraction of sp³-hybridized carbons (Fsp3) is 0.583. The van der Waals surface area contributed by atoms with Crippen molar-refractivity contribution in [3.63, 3.8) is 0 Å². The quantitative estimate of drug-likeness (QED) is 0.203. The molecule has 1 aromatic rings. The van der Waals surface area contributed by atoms with Gasteiger partial charge in [0.15, 0.2) is 5.96 Å². The van der Waals surface area contributed by atoms with Gasteiger partial charge in [0, 0.05) is 16.6 Å². The second-order valence-corrected chi connectivity index (χ2v) is 9.80. The van der Waals surface area contributed by atoms with Gasteiger partial charge in [-0.05, 0) is 73.7 Å². The van der Waals surface area contributed by atoms with Crippen LogP contribution >= 0.6 is 27.7 Å². The number of carbonyl (C=O) groups excluding carboxylic acids is 1. The number of guanidine groups is 1. The van der Waals surface area contributed by atoms with Gasteiger partial charge < -0.3 is 15.4 Å². The Morgan fingerprint density at radius 3 is 2.66 bits per heavy atom. The number of halogens is 1. The Bertz CT molecular complexity index is 783. The molecule has 0 aliphatic heterocycles. The van der Waals surface area contributed by atoms with E-state index in [2.05, 4.69) is 58.1 Å². The lowest BCUT2D eigenvalue weighted by molar-refractivity contribution is -0.116. The third-order valence-electron chi connectivity index (χ3n) is 5.05. The van der Waals surface area contributed by atoms with Crippen molar-refractivity contribution >= 4 is 39.6 Å². The van der Waals surface area contributed by atoms with Crippen LogP contribution in [-0.2, 0) is 11.2 Å². The third-order valence-corrected chi connectivity index (χ3v) is 6.63. The normalized spacial score (nSPS) is 12.7. The molecular weight excluding hydrogens is 488 g/mol. The van der Waals surface area contributed by atoms with Crippen molar-refractivity contribution < 1.29 is 9.53 Å². The number of allylic oxidation sites excluding steroid dienone is 1. The summed E-state index contributed by atoms with van der Waals surface area (Å²) in [5, 5.41) is 2.78. The van der Waals surface area contributed by atoms with Crippen LogP contribution in [0.25, 0.3) is 0 Å². The summed E-state index contributed by atoms with van der Waals surface area (Å²) in [6.45, 7) is 8.70. The van der Waals surface area contributed by atoms with Gasteiger partial charge >= 0.3 is 0 Å². The lowest BCUT2D eigenvalue weighted by Gasteiger charge is -2.16. The number of hydrogen-bond donors (Lipinski definition) is 2. The molecule has 0 aliphatic rings. The monoisotopic (exact) mass is 526 g/mol. The molecule has 0 bridgehead atoms. The molecule has 0 unspecified atom stereocenters. The van der Waals surface area contributed by atoms with E-state index in [1.54, 1.807) is 18.9 Å². The Morgan fingerprint density at radius 1 is 1.28 bits per heavy atom. The highest BCUT2D eigenvalue weighted by Crippen LogP contribution is 2.30. The molecule has 0 saturated carbocycles. The van der Waals surface area contributed by atoms with Crippen LogP contribution in [0.2, 0.25) is 0 Å². The van der Waals surface area contributed by atoms with Crippen molar-refractivity contribution in [2.24, 2.45) is 10.7 Å². The Labute approximate surface area is 206 Å². The number of thioether (sulfide) groups is 1. The van der Waals surface area contributed by atoms with Gasteiger partial charge in [-0.15, -0.1) is 11.8 Å². The summed E-state index contributed by atoms with van der Waals surface area (Å²) in [4.78, 5) is 20.6. The minimum atomic E-state index is -0.162. The van der Waals surface area contributed by atoms with Crippen molar-refractivity contribution in [3.05, 3.63) is 38.7 Å². The van der Waals surface area contributed by atoms with Crippen LogP contribution in [0.4, 0.5) is 0 Å². The van der Waals surface area contributed by atoms with Crippen LogP contribution in [0, 0.1) is 0 Å². The number of unbranched alkanes of at least 4 members (excludes halogenated alkanes) is 1. The van der Waals surface area contributed by atoms with E-state index < -0.39 is 0 Å². The fourth-order valence-electron chi connectivity index (χ4n) is 3.27. The number of ether oxygens (including phenoxy) is 1. The first kappa shape index (κ1) is 28.5. The molecular formula is C24H39BrN4O2S. The van der Waals surface area contributed by atoms with Crippen LogP contribution in [-0.4, -0.2) is 56.3 Å². The molecule has 1 rings (SSSR count). The molecule has 32 heavy (non-hydrogen) atoms. The molecule has 1 amide bonds. The van der Waals surface area contributed by atoms with Gasteiger partial charge in [0.05, 0.1) is 13.7 Å². The standard InChI is InChI=1S/C24H39BrN4O2S/c1-6-9-15-29(4)16-14-27-24(26)28-23(30)20(7-2)22(32-8-3)13-10-18-17-19(25)11-12-21(18)31-5/h11-12,17H,6-10,13-16H2,1-5H3,(H3,26,27,28,30)/b22-20+. The number of carbonyl (C=O) groups is 1. The summed E-state index contributed by atoms with van der Waals surface area (Å²) < 4.78 is 6.51. The molecule has 0 fully saturated rings. The summed E-state index contributed by atoms with van der Waals surface area (Å²) in [6, 6.07) is 6.00. The topological polar surface area (TPSA) is 80.0 Å². The van der Waals surface area contributed by atoms with Crippen LogP contribution in [0.1, 0.15) is 52.0 Å². The summed E-state index contributed by atoms with van der Waals surface area (Å²) in [6.07, 6.45) is 4.53. The van der Waals surface area contributed by atoms with Gasteiger partial charge in [0.25, 0.3) is 5.91 Å². The highest BCUT2D eigenvalue weighted by Gasteiger charge is 2.16. The Morgan fingerprint density at radius 2 is 2.03 bits per heavy atom. The highest BCUT2D eigenvalue weighted by atomic mass is 79.9. The van der Waals surface area contributed by atoms with Crippen molar-refractivity contribution in [1.82, 2.24) is 10.2 Å². The molecule has 6 nitrogen and oxygen atoms in total. The van der Waals surface area contributed by atoms with Crippen molar-refractivity contribution in [2.45, 2.75) is 52.9 Å². The number of amides is 1. The zero-order valence-electron chi connectivity index (χ0n) is 20.2. The number of rotatable bonds is 14. The molecule has 0 saturated heterocycles. The Kier molecular flexibility index (Phi) is 14.4. The number of nitrogens with two attached hydrogens (primary N) is 1. The van der Waals surface area contributed by atoms with Crippen LogP contribution in [0.15, 0.2) is 38.1 Å². The van der Waals surface area contributed by atoms with Crippen molar-refractivity contribution in [1.29, 1.82) is 0 Å². The molecule has 0 heterocycles. The largest absolute Gasteiger partial charge is 0.496 e. The van der Waals surface area contributed by atoms with Gasteiger partial charge in [0.1, 0.15) is 5.75 Å². The van der Waals surface area contributed by atoms with E-state index in [1.165, 1.54) is 12.8 Å². The maximum Gasteiger partial charge on any atom is 0.254 e. The molecule has 0 aromatic heterocycles. The van der Waals surface area contributed by atoms with Gasteiger partial charge in [-0.25, -0.2) is 0 Å².